The van der Waals surface area contributed by atoms with Crippen molar-refractivity contribution in [2.75, 3.05) is 13.7 Å². The van der Waals surface area contributed by atoms with Crippen molar-refractivity contribution >= 4 is 0 Å². The van der Waals surface area contributed by atoms with Crippen molar-refractivity contribution in [3.8, 4) is 11.5 Å². The number of fused-ring (bicyclic) bond motifs is 1. The fraction of sp³-hybridized carbons (Fsp3) is 0.467. The average molecular weight is 288 g/mol. The first-order chi connectivity index (χ1) is 10.3. The summed E-state index contributed by atoms with van der Waals surface area (Å²) in [6.45, 7) is 1.48. The molecule has 1 aliphatic heterocycles. The lowest BCUT2D eigenvalue weighted by molar-refractivity contribution is 0.314. The molecule has 2 aromatic rings. The van der Waals surface area contributed by atoms with Crippen LogP contribution >= 0.6 is 0 Å². The summed E-state index contributed by atoms with van der Waals surface area (Å²) in [5.41, 5.74) is 2.21. The van der Waals surface area contributed by atoms with Crippen LogP contribution in [-0.4, -0.2) is 28.7 Å². The first kappa shape index (κ1) is 13.9. The quantitative estimate of drug-likeness (QED) is 0.930. The molecule has 21 heavy (non-hydrogen) atoms. The highest BCUT2D eigenvalue weighted by Gasteiger charge is 2.20. The maximum atomic E-state index is 5.81. The summed E-state index contributed by atoms with van der Waals surface area (Å²) < 4.78 is 12.9. The summed E-state index contributed by atoms with van der Waals surface area (Å²) in [6.07, 6.45) is 3.84. The number of benzene rings is 1. The van der Waals surface area contributed by atoms with Crippen LogP contribution in [0, 0.1) is 0 Å². The Labute approximate surface area is 124 Å². The van der Waals surface area contributed by atoms with Crippen LogP contribution in [0.1, 0.15) is 30.1 Å². The SMILES string of the molecule is COc1ccc2c(c1)C(NCc1cnnn1C)CCCO2. The number of hydrogen-bond donors (Lipinski definition) is 1. The van der Waals surface area contributed by atoms with Gasteiger partial charge in [-0.25, -0.2) is 0 Å². The summed E-state index contributed by atoms with van der Waals surface area (Å²) in [5, 5.41) is 11.4. The van der Waals surface area contributed by atoms with E-state index >= 15 is 0 Å². The molecule has 6 nitrogen and oxygen atoms in total. The first-order valence-corrected chi connectivity index (χ1v) is 7.15. The first-order valence-electron chi connectivity index (χ1n) is 7.15. The largest absolute Gasteiger partial charge is 0.497 e. The molecule has 0 fully saturated rings. The van der Waals surface area contributed by atoms with E-state index in [1.54, 1.807) is 18.0 Å². The predicted octanol–water partition coefficient (Wildman–Crippen LogP) is 1.83. The minimum atomic E-state index is 0.243. The zero-order valence-electron chi connectivity index (χ0n) is 12.4. The summed E-state index contributed by atoms with van der Waals surface area (Å²) in [5.74, 6) is 1.79. The second-order valence-corrected chi connectivity index (χ2v) is 5.18. The van der Waals surface area contributed by atoms with E-state index < -0.39 is 0 Å². The Balaban J connectivity index is 1.80. The van der Waals surface area contributed by atoms with Crippen LogP contribution in [0.3, 0.4) is 0 Å². The van der Waals surface area contributed by atoms with Gasteiger partial charge in [-0.05, 0) is 31.0 Å². The van der Waals surface area contributed by atoms with Crippen molar-refractivity contribution in [2.24, 2.45) is 7.05 Å². The van der Waals surface area contributed by atoms with Gasteiger partial charge < -0.3 is 14.8 Å². The predicted molar refractivity (Wildman–Crippen MR) is 78.3 cm³/mol. The van der Waals surface area contributed by atoms with Gasteiger partial charge in [0.2, 0.25) is 0 Å². The summed E-state index contributed by atoms with van der Waals surface area (Å²) >= 11 is 0. The summed E-state index contributed by atoms with van der Waals surface area (Å²) in [7, 11) is 3.58. The fourth-order valence-electron chi connectivity index (χ4n) is 2.59. The molecule has 6 heteroatoms. The average Bonchev–Trinajstić information content (AvgIpc) is 2.81. The molecule has 1 aromatic carbocycles. The highest BCUT2D eigenvalue weighted by Crippen LogP contribution is 2.34. The number of nitrogens with one attached hydrogen (secondary N) is 1. The summed E-state index contributed by atoms with van der Waals surface area (Å²) in [4.78, 5) is 0. The van der Waals surface area contributed by atoms with Crippen LogP contribution < -0.4 is 14.8 Å². The molecule has 1 atom stereocenters. The van der Waals surface area contributed by atoms with E-state index in [9.17, 15) is 0 Å². The van der Waals surface area contributed by atoms with Crippen molar-refractivity contribution in [1.29, 1.82) is 0 Å². The number of methoxy groups -OCH3 is 1. The molecule has 0 radical (unpaired) electrons. The Morgan fingerprint density at radius 3 is 3.14 bits per heavy atom. The van der Waals surface area contributed by atoms with E-state index in [1.807, 2.05) is 19.2 Å². The second kappa shape index (κ2) is 6.13. The molecule has 1 N–H and O–H groups in total. The third-order valence-corrected chi connectivity index (χ3v) is 3.82. The molecule has 0 bridgehead atoms. The summed E-state index contributed by atoms with van der Waals surface area (Å²) in [6, 6.07) is 6.22. The second-order valence-electron chi connectivity index (χ2n) is 5.18. The van der Waals surface area contributed by atoms with E-state index in [1.165, 1.54) is 0 Å². The molecule has 0 aliphatic carbocycles. The van der Waals surface area contributed by atoms with Crippen LogP contribution in [0.2, 0.25) is 0 Å². The number of nitrogens with zero attached hydrogens (tertiary/aromatic N) is 3. The third-order valence-electron chi connectivity index (χ3n) is 3.82. The lowest BCUT2D eigenvalue weighted by Crippen LogP contribution is -2.22. The van der Waals surface area contributed by atoms with Crippen LogP contribution in [0.15, 0.2) is 24.4 Å². The van der Waals surface area contributed by atoms with Gasteiger partial charge in [-0.15, -0.1) is 5.10 Å². The molecular formula is C15H20N4O2. The van der Waals surface area contributed by atoms with Gasteiger partial charge in [0, 0.05) is 25.2 Å². The van der Waals surface area contributed by atoms with Crippen molar-refractivity contribution in [2.45, 2.75) is 25.4 Å². The van der Waals surface area contributed by atoms with Crippen molar-refractivity contribution in [1.82, 2.24) is 20.3 Å². The number of rotatable bonds is 4. The number of hydrogen-bond acceptors (Lipinski definition) is 5. The molecule has 0 amide bonds. The van der Waals surface area contributed by atoms with Gasteiger partial charge in [-0.1, -0.05) is 5.21 Å². The lowest BCUT2D eigenvalue weighted by Gasteiger charge is -2.19. The smallest absolute Gasteiger partial charge is 0.124 e. The topological polar surface area (TPSA) is 61.2 Å². The van der Waals surface area contributed by atoms with Gasteiger partial charge >= 0.3 is 0 Å². The minimum Gasteiger partial charge on any atom is -0.497 e. The van der Waals surface area contributed by atoms with E-state index in [0.29, 0.717) is 0 Å². The molecule has 1 aliphatic rings. The van der Waals surface area contributed by atoms with Gasteiger partial charge in [0.1, 0.15) is 11.5 Å². The molecule has 0 saturated heterocycles. The molecule has 3 rings (SSSR count). The third kappa shape index (κ3) is 3.00. The molecule has 2 heterocycles. The van der Waals surface area contributed by atoms with E-state index in [-0.39, 0.29) is 6.04 Å². The van der Waals surface area contributed by atoms with Crippen LogP contribution in [0.25, 0.3) is 0 Å². The van der Waals surface area contributed by atoms with E-state index in [2.05, 4.69) is 21.7 Å². The van der Waals surface area contributed by atoms with Gasteiger partial charge in [-0.3, -0.25) is 4.68 Å². The highest BCUT2D eigenvalue weighted by molar-refractivity contribution is 5.42. The van der Waals surface area contributed by atoms with Gasteiger partial charge in [0.05, 0.1) is 25.6 Å². The van der Waals surface area contributed by atoms with E-state index in [4.69, 9.17) is 9.47 Å². The van der Waals surface area contributed by atoms with Gasteiger partial charge in [-0.2, -0.15) is 0 Å². The Kier molecular flexibility index (Phi) is 4.06. The minimum absolute atomic E-state index is 0.243. The molecule has 1 aromatic heterocycles. The zero-order chi connectivity index (χ0) is 14.7. The van der Waals surface area contributed by atoms with Gasteiger partial charge in [0.15, 0.2) is 0 Å². The molecule has 1 unspecified atom stereocenters. The fourth-order valence-corrected chi connectivity index (χ4v) is 2.59. The van der Waals surface area contributed by atoms with Crippen LogP contribution in [0.5, 0.6) is 11.5 Å². The molecular weight excluding hydrogens is 268 g/mol. The van der Waals surface area contributed by atoms with Crippen molar-refractivity contribution in [3.05, 3.63) is 35.7 Å². The lowest BCUT2D eigenvalue weighted by atomic mass is 10.0. The van der Waals surface area contributed by atoms with Crippen molar-refractivity contribution in [3.63, 3.8) is 0 Å². The maximum Gasteiger partial charge on any atom is 0.124 e. The standard InChI is InChI=1S/C15H20N4O2/c1-19-11(10-17-18-19)9-16-14-4-3-7-21-15-6-5-12(20-2)8-13(14)15/h5-6,8,10,14,16H,3-4,7,9H2,1-2H3. The number of ether oxygens (including phenoxy) is 2. The molecule has 0 spiro atoms. The van der Waals surface area contributed by atoms with Crippen molar-refractivity contribution < 1.29 is 9.47 Å². The van der Waals surface area contributed by atoms with Crippen LogP contribution in [-0.2, 0) is 13.6 Å². The van der Waals surface area contributed by atoms with Gasteiger partial charge in [0.25, 0.3) is 0 Å². The number of aromatic nitrogens is 3. The Morgan fingerprint density at radius 2 is 2.38 bits per heavy atom. The van der Waals surface area contributed by atoms with E-state index in [0.717, 1.165) is 48.7 Å². The normalized spacial score (nSPS) is 17.7. The Bertz CT molecular complexity index is 611. The number of aryl methyl sites for hydroxylation is 1. The highest BCUT2D eigenvalue weighted by atomic mass is 16.5. The Hall–Kier alpha value is -2.08. The molecule has 0 saturated carbocycles. The monoisotopic (exact) mass is 288 g/mol. The zero-order valence-corrected chi connectivity index (χ0v) is 12.4. The van der Waals surface area contributed by atoms with Crippen LogP contribution in [0.4, 0.5) is 0 Å². The Morgan fingerprint density at radius 1 is 1.48 bits per heavy atom. The molecule has 112 valence electrons. The maximum absolute atomic E-state index is 5.81.